The van der Waals surface area contributed by atoms with Crippen LogP contribution in [-0.4, -0.2) is 69.3 Å². The molecule has 1 N–H and O–H groups in total. The van der Waals surface area contributed by atoms with E-state index in [2.05, 4.69) is 5.10 Å². The van der Waals surface area contributed by atoms with Crippen LogP contribution in [0.1, 0.15) is 35.2 Å². The number of likely N-dealkylation sites (tertiary alicyclic amines) is 2. The number of nitrogens with zero attached hydrogens (tertiary/aromatic N) is 4. The molecule has 2 amide bonds. The Morgan fingerprint density at radius 3 is 2.79 bits per heavy atom. The highest BCUT2D eigenvalue weighted by Crippen LogP contribution is 2.40. The van der Waals surface area contributed by atoms with Gasteiger partial charge in [0.15, 0.2) is 0 Å². The third-order valence-corrected chi connectivity index (χ3v) is 6.00. The zero-order chi connectivity index (χ0) is 19.7. The van der Waals surface area contributed by atoms with E-state index in [1.54, 1.807) is 18.1 Å². The zero-order valence-corrected chi connectivity index (χ0v) is 16.1. The van der Waals surface area contributed by atoms with Crippen molar-refractivity contribution in [2.45, 2.75) is 31.9 Å². The van der Waals surface area contributed by atoms with E-state index >= 15 is 0 Å². The number of aliphatic hydroxyl groups excluding tert-OH is 1. The highest BCUT2D eigenvalue weighted by Gasteiger charge is 2.47. The number of β-amino-alcohol motifs (C(OH)–C–C–N with tert-alkyl or cyclic N) is 1. The fourth-order valence-corrected chi connectivity index (χ4v) is 4.53. The van der Waals surface area contributed by atoms with Gasteiger partial charge in [0.25, 0.3) is 5.91 Å². The summed E-state index contributed by atoms with van der Waals surface area (Å²) in [6, 6.07) is 9.51. The van der Waals surface area contributed by atoms with Gasteiger partial charge in [-0.2, -0.15) is 5.10 Å². The number of amides is 2. The Morgan fingerprint density at radius 2 is 2.07 bits per heavy atom. The van der Waals surface area contributed by atoms with Gasteiger partial charge in [-0.1, -0.05) is 12.1 Å². The lowest BCUT2D eigenvalue weighted by atomic mass is 9.71. The molecule has 1 aromatic heterocycles. The smallest absolute Gasteiger partial charge is 0.253 e. The van der Waals surface area contributed by atoms with E-state index in [0.717, 1.165) is 5.56 Å². The monoisotopic (exact) mass is 382 g/mol. The van der Waals surface area contributed by atoms with Crippen LogP contribution in [0.2, 0.25) is 0 Å². The molecule has 0 aliphatic carbocycles. The molecular formula is C21H26N4O3. The summed E-state index contributed by atoms with van der Waals surface area (Å²) in [6.45, 7) is 2.09. The fraction of sp³-hybridized carbons (Fsp3) is 0.476. The van der Waals surface area contributed by atoms with Gasteiger partial charge in [-0.05, 0) is 43.0 Å². The van der Waals surface area contributed by atoms with Gasteiger partial charge in [-0.25, -0.2) is 0 Å². The minimum atomic E-state index is -0.523. The van der Waals surface area contributed by atoms with Crippen LogP contribution < -0.4 is 0 Å². The van der Waals surface area contributed by atoms with E-state index in [1.165, 1.54) is 0 Å². The van der Waals surface area contributed by atoms with E-state index in [0.29, 0.717) is 51.0 Å². The van der Waals surface area contributed by atoms with E-state index < -0.39 is 11.5 Å². The molecule has 1 unspecified atom stereocenters. The van der Waals surface area contributed by atoms with Crippen molar-refractivity contribution in [1.82, 2.24) is 19.6 Å². The van der Waals surface area contributed by atoms with E-state index in [1.807, 2.05) is 46.1 Å². The van der Waals surface area contributed by atoms with Crippen LogP contribution in [0.3, 0.4) is 0 Å². The average Bonchev–Trinajstić information content (AvgIpc) is 3.19. The van der Waals surface area contributed by atoms with Gasteiger partial charge in [0.05, 0.1) is 18.1 Å². The molecule has 148 valence electrons. The van der Waals surface area contributed by atoms with Crippen molar-refractivity contribution in [2.75, 3.05) is 26.7 Å². The number of aromatic nitrogens is 2. The van der Waals surface area contributed by atoms with Crippen LogP contribution in [0, 0.1) is 5.41 Å². The summed E-state index contributed by atoms with van der Waals surface area (Å²) in [5, 5.41) is 14.3. The molecule has 7 heteroatoms. The summed E-state index contributed by atoms with van der Waals surface area (Å²) >= 11 is 0. The van der Waals surface area contributed by atoms with Gasteiger partial charge in [-0.15, -0.1) is 0 Å². The molecule has 2 aromatic rings. The Bertz CT molecular complexity index is 856. The standard InChI is InChI=1S/C21H26N4O3/c1-23-15-18(26)13-21(20(23)28)6-10-24(11-7-21)19(27)17-5-2-4-16(12-17)14-25-9-3-8-22-25/h2-5,8-9,12,18,26H,6-7,10-11,13-15H2,1H3. The van der Waals surface area contributed by atoms with Gasteiger partial charge in [-0.3, -0.25) is 14.3 Å². The first kappa shape index (κ1) is 18.7. The number of piperidine rings is 2. The molecule has 1 spiro atoms. The third-order valence-electron chi connectivity index (χ3n) is 6.00. The molecule has 7 nitrogen and oxygen atoms in total. The van der Waals surface area contributed by atoms with Gasteiger partial charge in [0, 0.05) is 44.6 Å². The highest BCUT2D eigenvalue weighted by molar-refractivity contribution is 5.94. The first-order valence-electron chi connectivity index (χ1n) is 9.76. The second-order valence-electron chi connectivity index (χ2n) is 8.02. The second kappa shape index (κ2) is 7.39. The van der Waals surface area contributed by atoms with Crippen LogP contribution in [0.5, 0.6) is 0 Å². The molecule has 4 rings (SSSR count). The zero-order valence-electron chi connectivity index (χ0n) is 16.1. The molecule has 2 saturated heterocycles. The maximum Gasteiger partial charge on any atom is 0.253 e. The SMILES string of the molecule is CN1CC(O)CC2(CCN(C(=O)c3cccc(Cn4cccn4)c3)CC2)C1=O. The van der Waals surface area contributed by atoms with Gasteiger partial charge in [0.2, 0.25) is 5.91 Å². The van der Waals surface area contributed by atoms with E-state index in [9.17, 15) is 14.7 Å². The number of carbonyl (C=O) groups is 2. The first-order valence-corrected chi connectivity index (χ1v) is 9.76. The Balaban J connectivity index is 1.43. The number of hydrogen-bond acceptors (Lipinski definition) is 4. The lowest BCUT2D eigenvalue weighted by Crippen LogP contribution is -2.56. The van der Waals surface area contributed by atoms with Gasteiger partial charge in [0.1, 0.15) is 0 Å². The molecule has 28 heavy (non-hydrogen) atoms. The highest BCUT2D eigenvalue weighted by atomic mass is 16.3. The van der Waals surface area contributed by atoms with Crippen molar-refractivity contribution >= 4 is 11.8 Å². The third kappa shape index (κ3) is 3.54. The molecule has 3 heterocycles. The van der Waals surface area contributed by atoms with Crippen molar-refractivity contribution in [3.8, 4) is 0 Å². The summed E-state index contributed by atoms with van der Waals surface area (Å²) in [5.41, 5.74) is 1.16. The maximum absolute atomic E-state index is 13.0. The summed E-state index contributed by atoms with van der Waals surface area (Å²) in [4.78, 5) is 29.1. The number of benzene rings is 1. The molecule has 1 atom stereocenters. The second-order valence-corrected chi connectivity index (χ2v) is 8.02. The molecule has 2 fully saturated rings. The van der Waals surface area contributed by atoms with Crippen molar-refractivity contribution in [3.63, 3.8) is 0 Å². The molecule has 0 saturated carbocycles. The molecule has 0 radical (unpaired) electrons. The number of carbonyl (C=O) groups excluding carboxylic acids is 2. The summed E-state index contributed by atoms with van der Waals surface area (Å²) in [7, 11) is 1.75. The topological polar surface area (TPSA) is 78.7 Å². The normalized spacial score (nSPS) is 21.9. The minimum absolute atomic E-state index is 0.00525. The molecule has 1 aromatic carbocycles. The summed E-state index contributed by atoms with van der Waals surface area (Å²) < 4.78 is 1.82. The fourth-order valence-electron chi connectivity index (χ4n) is 4.53. The average molecular weight is 382 g/mol. The van der Waals surface area contributed by atoms with Crippen molar-refractivity contribution in [1.29, 1.82) is 0 Å². The van der Waals surface area contributed by atoms with Gasteiger partial charge < -0.3 is 14.9 Å². The maximum atomic E-state index is 13.0. The number of aliphatic hydroxyl groups is 1. The number of rotatable bonds is 3. The predicted octanol–water partition coefficient (Wildman–Crippen LogP) is 1.38. The Kier molecular flexibility index (Phi) is 4.93. The molecule has 0 bridgehead atoms. The van der Waals surface area contributed by atoms with Crippen LogP contribution in [0.25, 0.3) is 0 Å². The number of hydrogen-bond donors (Lipinski definition) is 1. The van der Waals surface area contributed by atoms with Crippen LogP contribution >= 0.6 is 0 Å². The largest absolute Gasteiger partial charge is 0.391 e. The van der Waals surface area contributed by atoms with Crippen LogP contribution in [0.4, 0.5) is 0 Å². The predicted molar refractivity (Wildman–Crippen MR) is 104 cm³/mol. The quantitative estimate of drug-likeness (QED) is 0.870. The van der Waals surface area contributed by atoms with Crippen LogP contribution in [0.15, 0.2) is 42.7 Å². The van der Waals surface area contributed by atoms with E-state index in [-0.39, 0.29) is 11.8 Å². The van der Waals surface area contributed by atoms with E-state index in [4.69, 9.17) is 0 Å². The Morgan fingerprint density at radius 1 is 1.29 bits per heavy atom. The summed E-state index contributed by atoms with van der Waals surface area (Å²) in [6.07, 6.45) is 4.85. The summed E-state index contributed by atoms with van der Waals surface area (Å²) in [5.74, 6) is 0.0976. The molecule has 2 aliphatic heterocycles. The van der Waals surface area contributed by atoms with Gasteiger partial charge >= 0.3 is 0 Å². The van der Waals surface area contributed by atoms with Crippen molar-refractivity contribution in [2.24, 2.45) is 5.41 Å². The molecular weight excluding hydrogens is 356 g/mol. The molecule has 2 aliphatic rings. The lowest BCUT2D eigenvalue weighted by Gasteiger charge is -2.47. The Labute approximate surface area is 164 Å². The van der Waals surface area contributed by atoms with Crippen molar-refractivity contribution in [3.05, 3.63) is 53.9 Å². The minimum Gasteiger partial charge on any atom is -0.391 e. The van der Waals surface area contributed by atoms with Crippen LogP contribution in [-0.2, 0) is 11.3 Å². The van der Waals surface area contributed by atoms with Crippen molar-refractivity contribution < 1.29 is 14.7 Å². The first-order chi connectivity index (χ1) is 13.5. The Hall–Kier alpha value is -2.67. The lowest BCUT2D eigenvalue weighted by molar-refractivity contribution is -0.154. The number of likely N-dealkylation sites (N-methyl/N-ethyl adjacent to an activating group) is 1.